The molecule has 6 heteroatoms. The van der Waals surface area contributed by atoms with Crippen molar-refractivity contribution in [2.24, 2.45) is 16.8 Å². The lowest BCUT2D eigenvalue weighted by Gasteiger charge is -2.29. The molecule has 1 aliphatic heterocycles. The van der Waals surface area contributed by atoms with Crippen LogP contribution in [0.3, 0.4) is 0 Å². The third-order valence-corrected chi connectivity index (χ3v) is 4.53. The molecule has 1 atom stereocenters. The molecular weight excluding hydrogens is 310 g/mol. The number of fused-ring (bicyclic) bond motifs is 1. The molecule has 0 radical (unpaired) electrons. The van der Waals surface area contributed by atoms with Crippen LogP contribution in [0.15, 0.2) is 45.9 Å². The number of amides is 2. The lowest BCUT2D eigenvalue weighted by Crippen LogP contribution is -2.34. The normalized spacial score (nSPS) is 21.8. The first-order valence-corrected chi connectivity index (χ1v) is 8.29. The number of nitrogens with zero attached hydrogens (tertiary/aromatic N) is 2. The molecule has 1 aromatic heterocycles. The molecule has 118 valence electrons. The maximum absolute atomic E-state index is 12.1. The molecule has 0 aromatic carbocycles. The number of aliphatic imine (C=N–C) groups is 1. The molecule has 2 amide bonds. The van der Waals surface area contributed by atoms with Gasteiger partial charge in [0.15, 0.2) is 0 Å². The number of rotatable bonds is 2. The number of hydrogen-bond donors (Lipinski definition) is 1. The molecule has 1 N–H and O–H groups in total. The Bertz CT molecular complexity index is 797. The highest BCUT2D eigenvalue weighted by Crippen LogP contribution is 2.31. The van der Waals surface area contributed by atoms with E-state index in [4.69, 9.17) is 0 Å². The van der Waals surface area contributed by atoms with Crippen molar-refractivity contribution in [3.8, 4) is 0 Å². The Morgan fingerprint density at radius 1 is 1.39 bits per heavy atom. The zero-order valence-electron chi connectivity index (χ0n) is 13.2. The fourth-order valence-corrected chi connectivity index (χ4v) is 3.24. The van der Waals surface area contributed by atoms with Gasteiger partial charge in [0.05, 0.1) is 10.7 Å². The van der Waals surface area contributed by atoms with Crippen molar-refractivity contribution in [1.29, 1.82) is 0 Å². The number of nitrogens with one attached hydrogen (secondary N) is 1. The van der Waals surface area contributed by atoms with Crippen molar-refractivity contribution in [2.75, 3.05) is 0 Å². The maximum Gasteiger partial charge on any atom is 0.296 e. The van der Waals surface area contributed by atoms with Gasteiger partial charge < -0.3 is 5.32 Å². The first kappa shape index (κ1) is 15.6. The van der Waals surface area contributed by atoms with E-state index in [0.717, 1.165) is 16.3 Å². The zero-order chi connectivity index (χ0) is 16.6. The number of aryl methyl sites for hydroxylation is 1. The third kappa shape index (κ3) is 3.22. The van der Waals surface area contributed by atoms with Crippen molar-refractivity contribution in [3.63, 3.8) is 0 Å². The summed E-state index contributed by atoms with van der Waals surface area (Å²) in [6, 6.07) is 0. The summed E-state index contributed by atoms with van der Waals surface area (Å²) in [6.45, 7) is 5.97. The lowest BCUT2D eigenvalue weighted by atomic mass is 9.82. The second-order valence-corrected chi connectivity index (χ2v) is 6.88. The Labute approximate surface area is 138 Å². The Balaban J connectivity index is 1.88. The summed E-state index contributed by atoms with van der Waals surface area (Å²) in [5.41, 5.74) is 2.71. The summed E-state index contributed by atoms with van der Waals surface area (Å²) in [5, 5.41) is 5.37. The van der Waals surface area contributed by atoms with Crippen molar-refractivity contribution >= 4 is 28.9 Å². The van der Waals surface area contributed by atoms with E-state index in [-0.39, 0.29) is 23.7 Å². The van der Waals surface area contributed by atoms with Gasteiger partial charge in [0.1, 0.15) is 5.69 Å². The molecule has 1 unspecified atom stereocenters. The summed E-state index contributed by atoms with van der Waals surface area (Å²) in [5.74, 6) is -0.182. The highest BCUT2D eigenvalue weighted by molar-refractivity contribution is 7.09. The fraction of sp³-hybridized carbons (Fsp3) is 0.294. The number of allylic oxidation sites excluding steroid dienone is 3. The molecule has 3 rings (SSSR count). The number of thiazole rings is 1. The Morgan fingerprint density at radius 3 is 2.83 bits per heavy atom. The second kappa shape index (κ2) is 6.04. The summed E-state index contributed by atoms with van der Waals surface area (Å²) >= 11 is 1.42. The van der Waals surface area contributed by atoms with Gasteiger partial charge in [0.2, 0.25) is 5.91 Å². The number of carbonyl (C=O) groups is 2. The lowest BCUT2D eigenvalue weighted by molar-refractivity contribution is -0.116. The molecule has 0 saturated carbocycles. The van der Waals surface area contributed by atoms with Crippen LogP contribution in [0, 0.1) is 18.8 Å². The fourth-order valence-electron chi connectivity index (χ4n) is 2.65. The minimum absolute atomic E-state index is 0.0447. The smallest absolute Gasteiger partial charge is 0.296 e. The molecule has 0 spiro atoms. The van der Waals surface area contributed by atoms with Gasteiger partial charge in [0.25, 0.3) is 5.91 Å². The predicted octanol–water partition coefficient (Wildman–Crippen LogP) is 2.81. The van der Waals surface area contributed by atoms with E-state index in [1.54, 1.807) is 17.5 Å². The Hall–Kier alpha value is -2.34. The molecule has 23 heavy (non-hydrogen) atoms. The molecule has 2 aliphatic rings. The van der Waals surface area contributed by atoms with E-state index in [0.29, 0.717) is 11.4 Å². The minimum atomic E-state index is -0.369. The van der Waals surface area contributed by atoms with Gasteiger partial charge in [0, 0.05) is 23.1 Å². The molecule has 0 bridgehead atoms. The highest BCUT2D eigenvalue weighted by Gasteiger charge is 2.27. The van der Waals surface area contributed by atoms with Crippen molar-refractivity contribution in [1.82, 2.24) is 10.3 Å². The van der Waals surface area contributed by atoms with Crippen molar-refractivity contribution in [2.45, 2.75) is 20.8 Å². The van der Waals surface area contributed by atoms with E-state index in [9.17, 15) is 9.59 Å². The highest BCUT2D eigenvalue weighted by atomic mass is 32.1. The first-order chi connectivity index (χ1) is 10.9. The molecule has 2 heterocycles. The van der Waals surface area contributed by atoms with Gasteiger partial charge in [-0.25, -0.2) is 9.98 Å². The number of carbonyl (C=O) groups excluding carboxylic acids is 2. The van der Waals surface area contributed by atoms with Crippen LogP contribution >= 0.6 is 11.3 Å². The van der Waals surface area contributed by atoms with Crippen LogP contribution in [0.4, 0.5) is 0 Å². The minimum Gasteiger partial charge on any atom is -0.325 e. The van der Waals surface area contributed by atoms with Crippen LogP contribution in [0.5, 0.6) is 0 Å². The van der Waals surface area contributed by atoms with Gasteiger partial charge in [-0.3, -0.25) is 9.59 Å². The average molecular weight is 327 g/mol. The molecule has 0 saturated heterocycles. The number of hydrogen-bond acceptors (Lipinski definition) is 4. The second-order valence-electron chi connectivity index (χ2n) is 5.82. The summed E-state index contributed by atoms with van der Waals surface area (Å²) in [4.78, 5) is 32.2. The predicted molar refractivity (Wildman–Crippen MR) is 90.4 cm³/mol. The van der Waals surface area contributed by atoms with E-state index >= 15 is 0 Å². The Morgan fingerprint density at radius 2 is 2.17 bits per heavy atom. The van der Waals surface area contributed by atoms with Gasteiger partial charge in [-0.05, 0) is 30.6 Å². The molecule has 1 aromatic rings. The van der Waals surface area contributed by atoms with E-state index < -0.39 is 0 Å². The van der Waals surface area contributed by atoms with E-state index in [2.05, 4.69) is 29.1 Å². The topological polar surface area (TPSA) is 71.4 Å². The third-order valence-electron chi connectivity index (χ3n) is 3.76. The zero-order valence-corrected chi connectivity index (χ0v) is 14.0. The van der Waals surface area contributed by atoms with Gasteiger partial charge >= 0.3 is 0 Å². The van der Waals surface area contributed by atoms with Gasteiger partial charge in [-0.15, -0.1) is 11.3 Å². The molecule has 5 nitrogen and oxygen atoms in total. The summed E-state index contributed by atoms with van der Waals surface area (Å²) in [7, 11) is 0. The molecular formula is C17H17N3O2S. The standard InChI is InChI=1S/C17H17N3O2S/c1-9(2)13-7-16(21)20-14-6-11(4-5-12(13)14)19-17(22)15-8-23-10(3)18-15/h4-9,12H,1-3H3,(H,20,21). The van der Waals surface area contributed by atoms with E-state index in [1.165, 1.54) is 11.3 Å². The molecule has 0 fully saturated rings. The van der Waals surface area contributed by atoms with Crippen LogP contribution in [0.1, 0.15) is 29.3 Å². The molecule has 1 aliphatic carbocycles. The quantitative estimate of drug-likeness (QED) is 0.908. The average Bonchev–Trinajstić information content (AvgIpc) is 2.92. The van der Waals surface area contributed by atoms with Crippen LogP contribution in [-0.4, -0.2) is 22.5 Å². The number of aromatic nitrogens is 1. The SMILES string of the molecule is Cc1nc(C(=O)N=C2C=CC3C(=C2)NC(=O)C=C3C(C)C)cs1. The maximum atomic E-state index is 12.1. The van der Waals surface area contributed by atoms with Crippen molar-refractivity contribution < 1.29 is 9.59 Å². The summed E-state index contributed by atoms with van der Waals surface area (Å²) < 4.78 is 0. The van der Waals surface area contributed by atoms with Crippen molar-refractivity contribution in [3.05, 3.63) is 51.7 Å². The monoisotopic (exact) mass is 327 g/mol. The largest absolute Gasteiger partial charge is 0.325 e. The Kier molecular flexibility index (Phi) is 4.09. The first-order valence-electron chi connectivity index (χ1n) is 7.41. The van der Waals surface area contributed by atoms with Gasteiger partial charge in [-0.2, -0.15) is 0 Å². The van der Waals surface area contributed by atoms with Crippen LogP contribution in [-0.2, 0) is 4.79 Å². The summed E-state index contributed by atoms with van der Waals surface area (Å²) in [6.07, 6.45) is 7.20. The van der Waals surface area contributed by atoms with Gasteiger partial charge in [-0.1, -0.05) is 19.9 Å². The van der Waals surface area contributed by atoms with Crippen LogP contribution in [0.2, 0.25) is 0 Å². The van der Waals surface area contributed by atoms with E-state index in [1.807, 2.05) is 19.1 Å². The van der Waals surface area contributed by atoms with Crippen LogP contribution in [0.25, 0.3) is 0 Å². The van der Waals surface area contributed by atoms with Crippen LogP contribution < -0.4 is 5.32 Å².